The van der Waals surface area contributed by atoms with Gasteiger partial charge in [-0.05, 0) is 49.4 Å². The molecule has 2 aromatic rings. The molecule has 0 bridgehead atoms. The Bertz CT molecular complexity index is 1300. The van der Waals surface area contributed by atoms with Crippen LogP contribution in [-0.4, -0.2) is 79.8 Å². The number of carbonyl (C=O) groups is 2. The first kappa shape index (κ1) is 30.2. The van der Waals surface area contributed by atoms with Crippen LogP contribution in [0.1, 0.15) is 29.8 Å². The molecule has 1 heterocycles. The third-order valence-corrected chi connectivity index (χ3v) is 7.68. The van der Waals surface area contributed by atoms with Gasteiger partial charge in [0.2, 0.25) is 10.0 Å². The minimum Gasteiger partial charge on any atom is -0.488 e. The highest BCUT2D eigenvalue weighted by molar-refractivity contribution is 7.88. The van der Waals surface area contributed by atoms with Gasteiger partial charge in [0, 0.05) is 30.9 Å². The number of hydrogen-bond donors (Lipinski definition) is 3. The van der Waals surface area contributed by atoms with E-state index in [1.165, 1.54) is 30.1 Å². The van der Waals surface area contributed by atoms with Crippen molar-refractivity contribution in [3.8, 4) is 5.75 Å². The van der Waals surface area contributed by atoms with E-state index in [-0.39, 0.29) is 48.3 Å². The number of benzene rings is 2. The van der Waals surface area contributed by atoms with Gasteiger partial charge < -0.3 is 25.4 Å². The van der Waals surface area contributed by atoms with Gasteiger partial charge in [-0.15, -0.1) is 0 Å². The number of nitrogens with zero attached hydrogens (tertiary/aromatic N) is 2. The van der Waals surface area contributed by atoms with Gasteiger partial charge in [0.15, 0.2) is 0 Å². The van der Waals surface area contributed by atoms with E-state index in [1.807, 2.05) is 6.92 Å². The molecule has 0 radical (unpaired) electrons. The summed E-state index contributed by atoms with van der Waals surface area (Å²) in [5.74, 6) is -0.588. The van der Waals surface area contributed by atoms with Crippen LogP contribution in [0.25, 0.3) is 0 Å². The van der Waals surface area contributed by atoms with E-state index < -0.39 is 45.8 Å². The Morgan fingerprint density at radius 3 is 2.33 bits per heavy atom. The standard InChI is InChI=1S/C25H31F3N4O6S/c1-15-12-32(16(2)14-33)23(34)20-11-19(9-10-21(20)38-22(15)13-31(3)39(4,36)37)30-24(35)29-18-7-5-17(6-8-18)25(26,27)28/h5-11,15-16,22,33H,12-14H2,1-4H3,(H2,29,30,35)/t15-,16+,22+/m1/s1. The topological polar surface area (TPSA) is 128 Å². The van der Waals surface area contributed by atoms with Gasteiger partial charge in [0.25, 0.3) is 5.91 Å². The number of aliphatic hydroxyl groups excluding tert-OH is 1. The number of aliphatic hydroxyl groups is 1. The lowest BCUT2D eigenvalue weighted by molar-refractivity contribution is -0.137. The summed E-state index contributed by atoms with van der Waals surface area (Å²) in [7, 11) is -2.08. The summed E-state index contributed by atoms with van der Waals surface area (Å²) in [6.45, 7) is 3.37. The van der Waals surface area contributed by atoms with Crippen molar-refractivity contribution in [2.24, 2.45) is 5.92 Å². The number of anilines is 2. The number of carbonyl (C=O) groups excluding carboxylic acids is 2. The largest absolute Gasteiger partial charge is 0.488 e. The van der Waals surface area contributed by atoms with Crippen LogP contribution in [0.15, 0.2) is 42.5 Å². The summed E-state index contributed by atoms with van der Waals surface area (Å²) in [6.07, 6.45) is -4.06. The molecule has 1 aliphatic rings. The monoisotopic (exact) mass is 572 g/mol. The van der Waals surface area contributed by atoms with Gasteiger partial charge in [-0.3, -0.25) is 4.79 Å². The maximum Gasteiger partial charge on any atom is 0.416 e. The number of nitrogens with one attached hydrogen (secondary N) is 2. The fraction of sp³-hybridized carbons (Fsp3) is 0.440. The van der Waals surface area contributed by atoms with Gasteiger partial charge >= 0.3 is 12.2 Å². The van der Waals surface area contributed by atoms with Crippen LogP contribution in [0, 0.1) is 5.92 Å². The van der Waals surface area contributed by atoms with Crippen molar-refractivity contribution in [2.75, 3.05) is 43.6 Å². The van der Waals surface area contributed by atoms with Crippen LogP contribution < -0.4 is 15.4 Å². The number of ether oxygens (including phenoxy) is 1. The Kier molecular flexibility index (Phi) is 9.13. The molecule has 3 rings (SSSR count). The van der Waals surface area contributed by atoms with E-state index in [4.69, 9.17) is 4.74 Å². The number of likely N-dealkylation sites (N-methyl/N-ethyl adjacent to an activating group) is 1. The molecule has 0 unspecified atom stereocenters. The summed E-state index contributed by atoms with van der Waals surface area (Å²) in [4.78, 5) is 27.4. The molecule has 0 aromatic heterocycles. The van der Waals surface area contributed by atoms with Crippen molar-refractivity contribution in [1.29, 1.82) is 0 Å². The second-order valence-corrected chi connectivity index (χ2v) is 11.6. The Hall–Kier alpha value is -3.36. The third-order valence-electron chi connectivity index (χ3n) is 6.40. The van der Waals surface area contributed by atoms with Gasteiger partial charge in [-0.25, -0.2) is 17.5 Å². The molecule has 214 valence electrons. The quantitative estimate of drug-likeness (QED) is 0.466. The van der Waals surface area contributed by atoms with Gasteiger partial charge in [0.1, 0.15) is 11.9 Å². The number of hydrogen-bond acceptors (Lipinski definition) is 6. The third kappa shape index (κ3) is 7.61. The fourth-order valence-corrected chi connectivity index (χ4v) is 4.36. The Morgan fingerprint density at radius 2 is 1.77 bits per heavy atom. The number of alkyl halides is 3. The van der Waals surface area contributed by atoms with Gasteiger partial charge in [-0.1, -0.05) is 6.92 Å². The fourth-order valence-electron chi connectivity index (χ4n) is 3.94. The molecule has 0 saturated carbocycles. The highest BCUT2D eigenvalue weighted by atomic mass is 32.2. The Labute approximate surface area is 224 Å². The number of fused-ring (bicyclic) bond motifs is 1. The molecule has 0 spiro atoms. The Balaban J connectivity index is 1.86. The van der Waals surface area contributed by atoms with Crippen LogP contribution in [0.4, 0.5) is 29.3 Å². The first-order chi connectivity index (χ1) is 18.1. The first-order valence-corrected chi connectivity index (χ1v) is 13.8. The molecule has 10 nitrogen and oxygen atoms in total. The molecule has 39 heavy (non-hydrogen) atoms. The Morgan fingerprint density at radius 1 is 1.18 bits per heavy atom. The molecular formula is C25H31F3N4O6S. The molecule has 3 amide bonds. The van der Waals surface area contributed by atoms with Crippen molar-refractivity contribution in [1.82, 2.24) is 9.21 Å². The normalized spacial score (nSPS) is 19.0. The number of rotatable bonds is 7. The number of halogens is 3. The van der Waals surface area contributed by atoms with E-state index in [0.29, 0.717) is 0 Å². The molecule has 14 heteroatoms. The molecule has 3 atom stereocenters. The minimum atomic E-state index is -4.51. The zero-order valence-electron chi connectivity index (χ0n) is 21.8. The zero-order chi connectivity index (χ0) is 29.1. The molecule has 0 saturated heterocycles. The van der Waals surface area contributed by atoms with E-state index in [0.717, 1.165) is 34.8 Å². The van der Waals surface area contributed by atoms with E-state index in [9.17, 15) is 36.3 Å². The van der Waals surface area contributed by atoms with Gasteiger partial charge in [0.05, 0.1) is 36.6 Å². The lowest BCUT2D eigenvalue weighted by Gasteiger charge is -2.38. The lowest BCUT2D eigenvalue weighted by atomic mass is 9.99. The summed E-state index contributed by atoms with van der Waals surface area (Å²) < 4.78 is 69.6. The lowest BCUT2D eigenvalue weighted by Crippen LogP contribution is -2.50. The SMILES string of the molecule is C[C@@H]1CN([C@@H](C)CO)C(=O)c2cc(NC(=O)Nc3ccc(C(F)(F)F)cc3)ccc2O[C@H]1CN(C)S(C)(=O)=O. The summed E-state index contributed by atoms with van der Waals surface area (Å²) in [6, 6.07) is 6.92. The van der Waals surface area contributed by atoms with E-state index in [2.05, 4.69) is 10.6 Å². The smallest absolute Gasteiger partial charge is 0.416 e. The molecule has 3 N–H and O–H groups in total. The number of urea groups is 1. The zero-order valence-corrected chi connectivity index (χ0v) is 22.6. The van der Waals surface area contributed by atoms with E-state index in [1.54, 1.807) is 6.92 Å². The van der Waals surface area contributed by atoms with Crippen LogP contribution in [0.3, 0.4) is 0 Å². The molecule has 0 fully saturated rings. The average Bonchev–Trinajstić information content (AvgIpc) is 2.85. The number of sulfonamides is 1. The predicted molar refractivity (Wildman–Crippen MR) is 139 cm³/mol. The molecular weight excluding hydrogens is 541 g/mol. The second kappa shape index (κ2) is 11.8. The molecule has 0 aliphatic carbocycles. The highest BCUT2D eigenvalue weighted by Gasteiger charge is 2.34. The summed E-state index contributed by atoms with van der Waals surface area (Å²) in [5, 5.41) is 14.7. The van der Waals surface area contributed by atoms with E-state index >= 15 is 0 Å². The van der Waals surface area contributed by atoms with Crippen LogP contribution in [0.2, 0.25) is 0 Å². The van der Waals surface area contributed by atoms with Crippen LogP contribution in [0.5, 0.6) is 5.75 Å². The van der Waals surface area contributed by atoms with Crippen molar-refractivity contribution in [2.45, 2.75) is 32.2 Å². The summed E-state index contributed by atoms with van der Waals surface area (Å²) >= 11 is 0. The van der Waals surface area contributed by atoms with Crippen molar-refractivity contribution < 1.29 is 41.0 Å². The molecule has 2 aromatic carbocycles. The van der Waals surface area contributed by atoms with Crippen molar-refractivity contribution in [3.05, 3.63) is 53.6 Å². The summed E-state index contributed by atoms with van der Waals surface area (Å²) in [5.41, 5.74) is -0.446. The molecule has 1 aliphatic heterocycles. The van der Waals surface area contributed by atoms with Crippen LogP contribution in [-0.2, 0) is 16.2 Å². The maximum absolute atomic E-state index is 13.5. The second-order valence-electron chi connectivity index (χ2n) is 9.53. The average molecular weight is 573 g/mol. The number of amides is 3. The van der Waals surface area contributed by atoms with Crippen molar-refractivity contribution in [3.63, 3.8) is 0 Å². The maximum atomic E-state index is 13.5. The van der Waals surface area contributed by atoms with Gasteiger partial charge in [-0.2, -0.15) is 13.2 Å². The van der Waals surface area contributed by atoms with Crippen LogP contribution >= 0.6 is 0 Å². The highest BCUT2D eigenvalue weighted by Crippen LogP contribution is 2.32. The predicted octanol–water partition coefficient (Wildman–Crippen LogP) is 3.46. The minimum absolute atomic E-state index is 0.0184. The first-order valence-electron chi connectivity index (χ1n) is 12.0. The van der Waals surface area contributed by atoms with Crippen molar-refractivity contribution >= 4 is 33.3 Å².